The molecule has 1 aliphatic carbocycles. The third-order valence-corrected chi connectivity index (χ3v) is 6.19. The monoisotopic (exact) mass is 394 g/mol. The largest absolute Gasteiger partial charge is 0.497 e. The fraction of sp³-hybridized carbons (Fsp3) is 0.458. The van der Waals surface area contributed by atoms with Crippen LogP contribution < -0.4 is 9.47 Å². The molecule has 1 saturated carbocycles. The number of carbonyl (C=O) groups excluding carboxylic acids is 1. The summed E-state index contributed by atoms with van der Waals surface area (Å²) in [5, 5.41) is 0. The fourth-order valence-electron chi connectivity index (χ4n) is 4.01. The quantitative estimate of drug-likeness (QED) is 0.738. The average molecular weight is 395 g/mol. The molecule has 2 aliphatic rings. The van der Waals surface area contributed by atoms with Crippen LogP contribution in [0.1, 0.15) is 48.1 Å². The van der Waals surface area contributed by atoms with Gasteiger partial charge in [0.15, 0.2) is 0 Å². The summed E-state index contributed by atoms with van der Waals surface area (Å²) in [6.45, 7) is 5.38. The first kappa shape index (κ1) is 19.8. The lowest BCUT2D eigenvalue weighted by molar-refractivity contribution is 0.0569. The van der Waals surface area contributed by atoms with Crippen molar-refractivity contribution < 1.29 is 14.3 Å². The van der Waals surface area contributed by atoms with Crippen LogP contribution >= 0.6 is 0 Å². The molecule has 2 aromatic carbocycles. The van der Waals surface area contributed by atoms with E-state index in [1.807, 2.05) is 41.3 Å². The third-order valence-electron chi connectivity index (χ3n) is 6.19. The Labute approximate surface area is 173 Å². The number of hydrogen-bond donors (Lipinski definition) is 0. The van der Waals surface area contributed by atoms with Crippen molar-refractivity contribution >= 4 is 5.91 Å². The number of amides is 1. The fourth-order valence-corrected chi connectivity index (χ4v) is 4.01. The van der Waals surface area contributed by atoms with Crippen molar-refractivity contribution in [3.8, 4) is 11.5 Å². The molecule has 5 nitrogen and oxygen atoms in total. The topological polar surface area (TPSA) is 42.0 Å². The van der Waals surface area contributed by atoms with Gasteiger partial charge in [-0.2, -0.15) is 0 Å². The van der Waals surface area contributed by atoms with Crippen molar-refractivity contribution in [3.63, 3.8) is 0 Å². The van der Waals surface area contributed by atoms with Gasteiger partial charge in [0.2, 0.25) is 0 Å². The molecule has 1 unspecified atom stereocenters. The minimum atomic E-state index is 0.0774. The van der Waals surface area contributed by atoms with Crippen LogP contribution in [-0.2, 0) is 0 Å². The Balaban J connectivity index is 1.38. The van der Waals surface area contributed by atoms with Crippen LogP contribution in [-0.4, -0.2) is 55.1 Å². The molecule has 5 heteroatoms. The maximum Gasteiger partial charge on any atom is 0.257 e. The van der Waals surface area contributed by atoms with Crippen LogP contribution in [0.2, 0.25) is 0 Å². The summed E-state index contributed by atoms with van der Waals surface area (Å²) < 4.78 is 11.4. The number of para-hydroxylation sites is 1. The lowest BCUT2D eigenvalue weighted by atomic mass is 9.96. The first-order chi connectivity index (χ1) is 14.2. The standard InChI is InChI=1S/C24H30N2O3/c1-18(19-7-5-10-21(17-19)28-2)25-13-15-26(16-14-25)24(27)22-11-3-4-12-23(22)29-20-8-6-9-20/h3-5,7,10-12,17-18,20H,6,8-9,13-16H2,1-2H3. The summed E-state index contributed by atoms with van der Waals surface area (Å²) in [6, 6.07) is 16.2. The smallest absolute Gasteiger partial charge is 0.257 e. The first-order valence-corrected chi connectivity index (χ1v) is 10.6. The normalized spacial score (nSPS) is 18.8. The Morgan fingerprint density at radius 3 is 2.48 bits per heavy atom. The van der Waals surface area contributed by atoms with E-state index in [1.54, 1.807) is 7.11 Å². The van der Waals surface area contributed by atoms with Gasteiger partial charge in [-0.1, -0.05) is 24.3 Å². The number of nitrogens with zero attached hydrogens (tertiary/aromatic N) is 2. The molecule has 0 radical (unpaired) electrons. The highest BCUT2D eigenvalue weighted by Crippen LogP contribution is 2.29. The van der Waals surface area contributed by atoms with Crippen LogP contribution in [0.5, 0.6) is 11.5 Å². The minimum absolute atomic E-state index is 0.0774. The summed E-state index contributed by atoms with van der Waals surface area (Å²) in [6.07, 6.45) is 3.66. The highest BCUT2D eigenvalue weighted by Gasteiger charge is 2.28. The highest BCUT2D eigenvalue weighted by atomic mass is 16.5. The maximum atomic E-state index is 13.1. The SMILES string of the molecule is COc1cccc(C(C)N2CCN(C(=O)c3ccccc3OC3CCC3)CC2)c1. The van der Waals surface area contributed by atoms with Crippen LogP contribution in [0.4, 0.5) is 0 Å². The number of carbonyl (C=O) groups is 1. The van der Waals surface area contributed by atoms with E-state index < -0.39 is 0 Å². The Morgan fingerprint density at radius 2 is 1.79 bits per heavy atom. The molecule has 2 aromatic rings. The summed E-state index contributed by atoms with van der Waals surface area (Å²) in [4.78, 5) is 17.5. The van der Waals surface area contributed by atoms with Gasteiger partial charge in [-0.3, -0.25) is 9.69 Å². The summed E-state index contributed by atoms with van der Waals surface area (Å²) in [5.74, 6) is 1.69. The summed E-state index contributed by atoms with van der Waals surface area (Å²) in [7, 11) is 1.70. The Hall–Kier alpha value is -2.53. The predicted octanol–water partition coefficient (Wildman–Crippen LogP) is 4.15. The van der Waals surface area contributed by atoms with Crippen molar-refractivity contribution in [1.82, 2.24) is 9.80 Å². The van der Waals surface area contributed by atoms with Gasteiger partial charge in [-0.05, 0) is 56.0 Å². The molecule has 1 heterocycles. The molecular weight excluding hydrogens is 364 g/mol. The van der Waals surface area contributed by atoms with Gasteiger partial charge < -0.3 is 14.4 Å². The van der Waals surface area contributed by atoms with E-state index in [0.29, 0.717) is 5.56 Å². The molecule has 1 aliphatic heterocycles. The lowest BCUT2D eigenvalue weighted by Gasteiger charge is -2.38. The van der Waals surface area contributed by atoms with E-state index in [9.17, 15) is 4.79 Å². The van der Waals surface area contributed by atoms with Crippen molar-refractivity contribution in [2.24, 2.45) is 0 Å². The minimum Gasteiger partial charge on any atom is -0.497 e. The molecule has 2 fully saturated rings. The molecule has 0 spiro atoms. The number of hydrogen-bond acceptors (Lipinski definition) is 4. The molecule has 1 saturated heterocycles. The molecule has 154 valence electrons. The molecule has 29 heavy (non-hydrogen) atoms. The predicted molar refractivity (Wildman–Crippen MR) is 114 cm³/mol. The Bertz CT molecular complexity index is 842. The molecule has 0 N–H and O–H groups in total. The van der Waals surface area contributed by atoms with Crippen molar-refractivity contribution in [2.45, 2.75) is 38.3 Å². The van der Waals surface area contributed by atoms with Crippen LogP contribution in [0.3, 0.4) is 0 Å². The maximum absolute atomic E-state index is 13.1. The number of ether oxygens (including phenoxy) is 2. The van der Waals surface area contributed by atoms with Gasteiger partial charge in [0.1, 0.15) is 11.5 Å². The van der Waals surface area contributed by atoms with Crippen LogP contribution in [0.15, 0.2) is 48.5 Å². The van der Waals surface area contributed by atoms with E-state index in [4.69, 9.17) is 9.47 Å². The third kappa shape index (κ3) is 4.40. The van der Waals surface area contributed by atoms with Gasteiger partial charge in [0.05, 0.1) is 18.8 Å². The van der Waals surface area contributed by atoms with Gasteiger partial charge in [0, 0.05) is 32.2 Å². The van der Waals surface area contributed by atoms with Crippen molar-refractivity contribution in [1.29, 1.82) is 0 Å². The van der Waals surface area contributed by atoms with E-state index in [2.05, 4.69) is 24.0 Å². The molecule has 1 amide bonds. The number of rotatable bonds is 6. The Morgan fingerprint density at radius 1 is 1.03 bits per heavy atom. The van der Waals surface area contributed by atoms with Crippen LogP contribution in [0.25, 0.3) is 0 Å². The average Bonchev–Trinajstić information content (AvgIpc) is 2.75. The summed E-state index contributed by atoms with van der Waals surface area (Å²) in [5.41, 5.74) is 1.93. The zero-order valence-electron chi connectivity index (χ0n) is 17.3. The molecule has 1 atom stereocenters. The Kier molecular flexibility index (Phi) is 6.05. The first-order valence-electron chi connectivity index (χ1n) is 10.6. The van der Waals surface area contributed by atoms with Crippen LogP contribution in [0, 0.1) is 0 Å². The number of piperazine rings is 1. The van der Waals surface area contributed by atoms with Gasteiger partial charge in [0.25, 0.3) is 5.91 Å². The highest BCUT2D eigenvalue weighted by molar-refractivity contribution is 5.97. The van der Waals surface area contributed by atoms with E-state index in [-0.39, 0.29) is 18.1 Å². The van der Waals surface area contributed by atoms with Crippen molar-refractivity contribution in [2.75, 3.05) is 33.3 Å². The molecule has 0 bridgehead atoms. The van der Waals surface area contributed by atoms with E-state index in [0.717, 1.165) is 50.5 Å². The van der Waals surface area contributed by atoms with E-state index >= 15 is 0 Å². The zero-order chi connectivity index (χ0) is 20.2. The molecular formula is C24H30N2O3. The van der Waals surface area contributed by atoms with Crippen molar-refractivity contribution in [3.05, 3.63) is 59.7 Å². The zero-order valence-corrected chi connectivity index (χ0v) is 17.3. The lowest BCUT2D eigenvalue weighted by Crippen LogP contribution is -2.49. The van der Waals surface area contributed by atoms with E-state index in [1.165, 1.54) is 12.0 Å². The van der Waals surface area contributed by atoms with Gasteiger partial charge in [-0.25, -0.2) is 0 Å². The van der Waals surface area contributed by atoms with Gasteiger partial charge >= 0.3 is 0 Å². The second-order valence-electron chi connectivity index (χ2n) is 7.95. The number of benzene rings is 2. The van der Waals surface area contributed by atoms with Gasteiger partial charge in [-0.15, -0.1) is 0 Å². The second-order valence-corrected chi connectivity index (χ2v) is 7.95. The number of methoxy groups -OCH3 is 1. The summed E-state index contributed by atoms with van der Waals surface area (Å²) >= 11 is 0. The second kappa shape index (κ2) is 8.87. The molecule has 0 aromatic heterocycles. The molecule has 4 rings (SSSR count).